The van der Waals surface area contributed by atoms with Crippen molar-refractivity contribution in [2.45, 2.75) is 69.8 Å². The van der Waals surface area contributed by atoms with E-state index in [-0.39, 0.29) is 0 Å². The van der Waals surface area contributed by atoms with Crippen molar-refractivity contribution in [1.29, 1.82) is 0 Å². The molecule has 2 aliphatic rings. The topological polar surface area (TPSA) is 30.3 Å². The Morgan fingerprint density at radius 1 is 1.27 bits per heavy atom. The van der Waals surface area contributed by atoms with Crippen LogP contribution in [0.25, 0.3) is 0 Å². The molecule has 3 rings (SSSR count). The number of ether oxygens (including phenoxy) is 1. The highest BCUT2D eigenvalue weighted by Gasteiger charge is 2.22. The first-order valence-corrected chi connectivity index (χ1v) is 9.62. The second-order valence-electron chi connectivity index (χ2n) is 6.72. The lowest BCUT2D eigenvalue weighted by Crippen LogP contribution is -2.25. The van der Waals surface area contributed by atoms with Gasteiger partial charge in [-0.1, -0.05) is 11.8 Å². The number of imidazole rings is 1. The van der Waals surface area contributed by atoms with Crippen LogP contribution in [0.4, 0.5) is 0 Å². The molecule has 1 aromatic heterocycles. The van der Waals surface area contributed by atoms with Crippen molar-refractivity contribution in [3.63, 3.8) is 0 Å². The van der Waals surface area contributed by atoms with Gasteiger partial charge in [0.1, 0.15) is 0 Å². The number of aryl methyl sites for hydroxylation is 1. The van der Waals surface area contributed by atoms with E-state index in [0.29, 0.717) is 6.10 Å². The number of aromatic nitrogens is 2. The number of likely N-dealkylation sites (tertiary alicyclic amines) is 1. The summed E-state index contributed by atoms with van der Waals surface area (Å²) < 4.78 is 8.19. The summed E-state index contributed by atoms with van der Waals surface area (Å²) >= 11 is 1.92. The fourth-order valence-corrected chi connectivity index (χ4v) is 4.71. The molecule has 5 heteroatoms. The van der Waals surface area contributed by atoms with E-state index in [4.69, 9.17) is 9.72 Å². The van der Waals surface area contributed by atoms with Crippen LogP contribution in [-0.2, 0) is 11.3 Å². The summed E-state index contributed by atoms with van der Waals surface area (Å²) in [6, 6.07) is 0.774. The summed E-state index contributed by atoms with van der Waals surface area (Å²) in [4.78, 5) is 7.30. The SMILES string of the molecule is Cc1nc(SCC[C@@H]2CCCN2C)n(C[C@H]2CCCO2)c1C. The molecule has 0 aliphatic carbocycles. The Bertz CT molecular complexity index is 496. The molecule has 0 saturated carbocycles. The molecule has 3 heterocycles. The van der Waals surface area contributed by atoms with Gasteiger partial charge in [-0.15, -0.1) is 0 Å². The maximum absolute atomic E-state index is 5.81. The molecule has 0 spiro atoms. The quantitative estimate of drug-likeness (QED) is 0.752. The van der Waals surface area contributed by atoms with Gasteiger partial charge in [0.15, 0.2) is 5.16 Å². The minimum atomic E-state index is 0.382. The monoisotopic (exact) mass is 323 g/mol. The van der Waals surface area contributed by atoms with Crippen LogP contribution in [0, 0.1) is 13.8 Å². The second-order valence-corrected chi connectivity index (χ2v) is 7.79. The van der Waals surface area contributed by atoms with E-state index in [9.17, 15) is 0 Å². The fourth-order valence-electron chi connectivity index (χ4n) is 3.57. The molecule has 0 N–H and O–H groups in total. The third-order valence-corrected chi connectivity index (χ3v) is 6.20. The smallest absolute Gasteiger partial charge is 0.168 e. The van der Waals surface area contributed by atoms with Crippen molar-refractivity contribution in [2.24, 2.45) is 0 Å². The molecule has 2 saturated heterocycles. The van der Waals surface area contributed by atoms with E-state index in [1.807, 2.05) is 11.8 Å². The summed E-state index contributed by atoms with van der Waals surface area (Å²) in [7, 11) is 2.26. The number of nitrogens with zero attached hydrogens (tertiary/aromatic N) is 3. The summed E-state index contributed by atoms with van der Waals surface area (Å²) in [5, 5.41) is 1.19. The normalized spacial score (nSPS) is 26.1. The van der Waals surface area contributed by atoms with Crippen molar-refractivity contribution in [1.82, 2.24) is 14.5 Å². The van der Waals surface area contributed by atoms with E-state index >= 15 is 0 Å². The molecule has 0 radical (unpaired) electrons. The molecule has 22 heavy (non-hydrogen) atoms. The summed E-state index contributed by atoms with van der Waals surface area (Å²) in [5.41, 5.74) is 2.47. The lowest BCUT2D eigenvalue weighted by molar-refractivity contribution is 0.0945. The number of thioether (sulfide) groups is 1. The molecule has 2 atom stereocenters. The highest BCUT2D eigenvalue weighted by molar-refractivity contribution is 7.99. The van der Waals surface area contributed by atoms with Crippen LogP contribution < -0.4 is 0 Å². The number of hydrogen-bond acceptors (Lipinski definition) is 4. The van der Waals surface area contributed by atoms with Crippen LogP contribution in [0.2, 0.25) is 0 Å². The van der Waals surface area contributed by atoms with Gasteiger partial charge in [-0.3, -0.25) is 0 Å². The molecule has 124 valence electrons. The molecule has 0 amide bonds. The predicted octanol–water partition coefficient (Wildman–Crippen LogP) is 3.26. The van der Waals surface area contributed by atoms with Crippen molar-refractivity contribution < 1.29 is 4.74 Å². The van der Waals surface area contributed by atoms with Crippen LogP contribution in [0.5, 0.6) is 0 Å². The van der Waals surface area contributed by atoms with Gasteiger partial charge in [-0.25, -0.2) is 4.98 Å². The Morgan fingerprint density at radius 2 is 2.14 bits per heavy atom. The molecular weight excluding hydrogens is 294 g/mol. The van der Waals surface area contributed by atoms with Gasteiger partial charge in [0.2, 0.25) is 0 Å². The van der Waals surface area contributed by atoms with Crippen molar-refractivity contribution in [3.05, 3.63) is 11.4 Å². The second kappa shape index (κ2) is 7.37. The van der Waals surface area contributed by atoms with Gasteiger partial charge in [0, 0.05) is 24.1 Å². The summed E-state index contributed by atoms with van der Waals surface area (Å²) in [6.07, 6.45) is 6.76. The zero-order valence-corrected chi connectivity index (χ0v) is 15.0. The highest BCUT2D eigenvalue weighted by Crippen LogP contribution is 2.27. The van der Waals surface area contributed by atoms with Gasteiger partial charge < -0.3 is 14.2 Å². The largest absolute Gasteiger partial charge is 0.376 e. The highest BCUT2D eigenvalue weighted by atomic mass is 32.2. The maximum Gasteiger partial charge on any atom is 0.168 e. The van der Waals surface area contributed by atoms with Gasteiger partial charge in [0.25, 0.3) is 0 Å². The van der Waals surface area contributed by atoms with Crippen LogP contribution in [-0.4, -0.2) is 52.5 Å². The Hall–Kier alpha value is -0.520. The van der Waals surface area contributed by atoms with Gasteiger partial charge in [-0.2, -0.15) is 0 Å². The maximum atomic E-state index is 5.81. The Balaban J connectivity index is 1.58. The summed E-state index contributed by atoms with van der Waals surface area (Å²) in [5.74, 6) is 1.16. The summed E-state index contributed by atoms with van der Waals surface area (Å²) in [6.45, 7) is 7.47. The standard InChI is InChI=1S/C17H29N3OS/c1-13-14(2)20(12-16-7-5-10-21-16)17(18-13)22-11-8-15-6-4-9-19(15)3/h15-16H,4-12H2,1-3H3/t15-,16+/m0/s1. The first-order valence-electron chi connectivity index (χ1n) is 8.63. The molecule has 2 aliphatic heterocycles. The lowest BCUT2D eigenvalue weighted by atomic mass is 10.2. The number of hydrogen-bond donors (Lipinski definition) is 0. The van der Waals surface area contributed by atoms with Crippen LogP contribution in [0.1, 0.15) is 43.5 Å². The van der Waals surface area contributed by atoms with Crippen molar-refractivity contribution in [3.8, 4) is 0 Å². The average Bonchev–Trinajstić information content (AvgIpc) is 3.20. The van der Waals surface area contributed by atoms with Crippen LogP contribution >= 0.6 is 11.8 Å². The van der Waals surface area contributed by atoms with Gasteiger partial charge in [0.05, 0.1) is 18.3 Å². The van der Waals surface area contributed by atoms with Gasteiger partial charge in [-0.05, 0) is 59.5 Å². The van der Waals surface area contributed by atoms with Gasteiger partial charge >= 0.3 is 0 Å². The zero-order chi connectivity index (χ0) is 15.5. The minimum Gasteiger partial charge on any atom is -0.376 e. The van der Waals surface area contributed by atoms with E-state index in [1.165, 1.54) is 55.2 Å². The zero-order valence-electron chi connectivity index (χ0n) is 14.2. The molecule has 4 nitrogen and oxygen atoms in total. The van der Waals surface area contributed by atoms with Crippen molar-refractivity contribution in [2.75, 3.05) is 26.0 Å². The third kappa shape index (κ3) is 3.69. The minimum absolute atomic E-state index is 0.382. The van der Waals surface area contributed by atoms with Crippen LogP contribution in [0.3, 0.4) is 0 Å². The van der Waals surface area contributed by atoms with Crippen LogP contribution in [0.15, 0.2) is 5.16 Å². The molecular formula is C17H29N3OS. The lowest BCUT2D eigenvalue weighted by Gasteiger charge is -2.19. The fraction of sp³-hybridized carbons (Fsp3) is 0.824. The Kier molecular flexibility index (Phi) is 5.47. The third-order valence-electron chi connectivity index (χ3n) is 5.19. The molecule has 0 unspecified atom stereocenters. The predicted molar refractivity (Wildman–Crippen MR) is 91.7 cm³/mol. The van der Waals surface area contributed by atoms with E-state index in [1.54, 1.807) is 0 Å². The molecule has 1 aromatic rings. The molecule has 0 aromatic carbocycles. The van der Waals surface area contributed by atoms with E-state index < -0.39 is 0 Å². The molecule has 0 bridgehead atoms. The Morgan fingerprint density at radius 3 is 2.82 bits per heavy atom. The number of rotatable bonds is 6. The van der Waals surface area contributed by atoms with E-state index in [2.05, 4.69) is 30.4 Å². The molecule has 2 fully saturated rings. The first kappa shape index (κ1) is 16.3. The van der Waals surface area contributed by atoms with Crippen molar-refractivity contribution >= 4 is 11.8 Å². The average molecular weight is 324 g/mol. The first-order chi connectivity index (χ1) is 10.6. The van der Waals surface area contributed by atoms with E-state index in [0.717, 1.165) is 24.9 Å². The Labute approximate surface area is 138 Å².